The number of hydrogen-bond acceptors (Lipinski definition) is 6. The van der Waals surface area contributed by atoms with E-state index in [1.807, 2.05) is 74.5 Å². The van der Waals surface area contributed by atoms with Crippen LogP contribution in [0.4, 0.5) is 0 Å². The number of fused-ring (bicyclic) bond motifs is 1. The van der Waals surface area contributed by atoms with Crippen molar-refractivity contribution in [3.8, 4) is 0 Å². The van der Waals surface area contributed by atoms with Gasteiger partial charge in [0, 0.05) is 13.5 Å². The molecule has 2 aliphatic rings. The fourth-order valence-electron chi connectivity index (χ4n) is 3.96. The van der Waals surface area contributed by atoms with Crippen LogP contribution in [0.25, 0.3) is 0 Å². The minimum absolute atomic E-state index is 0.233. The highest BCUT2D eigenvalue weighted by Crippen LogP contribution is 2.39. The SMILES string of the molecule is CCOC1(C)O[C@H]2O[C@@H](C)[C@H](OCc3ccccc3)[C@@H](OCc3ccccc3)[C@H]2O1. The van der Waals surface area contributed by atoms with Crippen LogP contribution in [0.15, 0.2) is 60.7 Å². The van der Waals surface area contributed by atoms with Crippen molar-refractivity contribution < 1.29 is 28.4 Å². The van der Waals surface area contributed by atoms with Crippen molar-refractivity contribution >= 4 is 0 Å². The third-order valence-corrected chi connectivity index (χ3v) is 5.38. The van der Waals surface area contributed by atoms with E-state index in [0.29, 0.717) is 19.8 Å². The lowest BCUT2D eigenvalue weighted by atomic mass is 9.99. The number of rotatable bonds is 8. The van der Waals surface area contributed by atoms with Gasteiger partial charge in [0.15, 0.2) is 6.29 Å². The summed E-state index contributed by atoms with van der Waals surface area (Å²) in [4.78, 5) is 0. The zero-order chi connectivity index (χ0) is 21.0. The van der Waals surface area contributed by atoms with Crippen LogP contribution in [-0.4, -0.2) is 43.3 Å². The summed E-state index contributed by atoms with van der Waals surface area (Å²) in [5, 5.41) is 0. The molecule has 2 heterocycles. The molecule has 6 heteroatoms. The van der Waals surface area contributed by atoms with E-state index in [0.717, 1.165) is 11.1 Å². The largest absolute Gasteiger partial charge is 0.368 e. The maximum atomic E-state index is 6.36. The summed E-state index contributed by atoms with van der Waals surface area (Å²) in [5.74, 6) is -1.16. The maximum Gasteiger partial charge on any atom is 0.282 e. The van der Waals surface area contributed by atoms with Gasteiger partial charge >= 0.3 is 0 Å². The molecule has 1 unspecified atom stereocenters. The molecule has 0 amide bonds. The van der Waals surface area contributed by atoms with E-state index in [1.54, 1.807) is 6.92 Å². The molecule has 2 saturated heterocycles. The highest BCUT2D eigenvalue weighted by Gasteiger charge is 2.56. The smallest absolute Gasteiger partial charge is 0.282 e. The van der Waals surface area contributed by atoms with Crippen molar-refractivity contribution in [3.63, 3.8) is 0 Å². The number of benzene rings is 2. The summed E-state index contributed by atoms with van der Waals surface area (Å²) in [6.07, 6.45) is -1.95. The van der Waals surface area contributed by atoms with Gasteiger partial charge in [-0.2, -0.15) is 0 Å². The fraction of sp³-hybridized carbons (Fsp3) is 0.500. The highest BCUT2D eigenvalue weighted by molar-refractivity contribution is 5.14. The monoisotopic (exact) mass is 414 g/mol. The van der Waals surface area contributed by atoms with Crippen molar-refractivity contribution in [2.24, 2.45) is 0 Å². The summed E-state index contributed by atoms with van der Waals surface area (Å²) < 4.78 is 36.5. The summed E-state index contributed by atoms with van der Waals surface area (Å²) in [5.41, 5.74) is 2.18. The van der Waals surface area contributed by atoms with Crippen LogP contribution in [-0.2, 0) is 41.6 Å². The van der Waals surface area contributed by atoms with Crippen LogP contribution in [0.3, 0.4) is 0 Å². The Balaban J connectivity index is 1.52. The Morgan fingerprint density at radius 2 is 1.40 bits per heavy atom. The lowest BCUT2D eigenvalue weighted by molar-refractivity contribution is -0.342. The van der Waals surface area contributed by atoms with E-state index in [2.05, 4.69) is 0 Å². The predicted molar refractivity (Wildman–Crippen MR) is 110 cm³/mol. The quantitative estimate of drug-likeness (QED) is 0.650. The molecule has 0 bridgehead atoms. The Kier molecular flexibility index (Phi) is 6.83. The van der Waals surface area contributed by atoms with Gasteiger partial charge in [-0.25, -0.2) is 0 Å². The molecule has 0 N–H and O–H groups in total. The number of hydrogen-bond donors (Lipinski definition) is 0. The van der Waals surface area contributed by atoms with Crippen LogP contribution in [0.5, 0.6) is 0 Å². The Hall–Kier alpha value is -1.80. The third-order valence-electron chi connectivity index (χ3n) is 5.38. The van der Waals surface area contributed by atoms with E-state index in [4.69, 9.17) is 28.4 Å². The van der Waals surface area contributed by atoms with E-state index in [-0.39, 0.29) is 18.3 Å². The van der Waals surface area contributed by atoms with Gasteiger partial charge < -0.3 is 23.7 Å². The van der Waals surface area contributed by atoms with Crippen LogP contribution in [0.1, 0.15) is 31.9 Å². The first-order chi connectivity index (χ1) is 14.6. The predicted octanol–water partition coefficient (Wildman–Crippen LogP) is 4.03. The molecule has 162 valence electrons. The third kappa shape index (κ3) is 4.91. The first kappa shape index (κ1) is 21.4. The Morgan fingerprint density at radius 1 is 0.833 bits per heavy atom. The van der Waals surface area contributed by atoms with Gasteiger partial charge in [0.2, 0.25) is 0 Å². The molecule has 4 rings (SSSR count). The van der Waals surface area contributed by atoms with Gasteiger partial charge in [-0.3, -0.25) is 4.74 Å². The van der Waals surface area contributed by atoms with E-state index in [9.17, 15) is 0 Å². The fourth-order valence-corrected chi connectivity index (χ4v) is 3.96. The van der Waals surface area contributed by atoms with Crippen molar-refractivity contribution in [1.29, 1.82) is 0 Å². The molecular formula is C24H30O6. The molecule has 6 atom stereocenters. The average Bonchev–Trinajstić information content (AvgIpc) is 3.08. The molecule has 2 aromatic rings. The Labute approximate surface area is 178 Å². The summed E-state index contributed by atoms with van der Waals surface area (Å²) in [6.45, 7) is 7.02. The molecule has 6 nitrogen and oxygen atoms in total. The normalized spacial score (nSPS) is 33.4. The van der Waals surface area contributed by atoms with Crippen molar-refractivity contribution in [3.05, 3.63) is 71.8 Å². The summed E-state index contributed by atoms with van der Waals surface area (Å²) in [7, 11) is 0. The van der Waals surface area contributed by atoms with E-state index < -0.39 is 18.4 Å². The second-order valence-corrected chi connectivity index (χ2v) is 7.73. The van der Waals surface area contributed by atoms with Crippen molar-refractivity contribution in [1.82, 2.24) is 0 Å². The van der Waals surface area contributed by atoms with Gasteiger partial charge in [-0.15, -0.1) is 0 Å². The van der Waals surface area contributed by atoms with Crippen LogP contribution in [0.2, 0.25) is 0 Å². The minimum Gasteiger partial charge on any atom is -0.368 e. The first-order valence-electron chi connectivity index (χ1n) is 10.5. The Morgan fingerprint density at radius 3 is 1.97 bits per heavy atom. The topological polar surface area (TPSA) is 55.4 Å². The molecule has 30 heavy (non-hydrogen) atoms. The lowest BCUT2D eigenvalue weighted by Crippen LogP contribution is -2.57. The highest BCUT2D eigenvalue weighted by atomic mass is 16.9. The summed E-state index contributed by atoms with van der Waals surface area (Å²) >= 11 is 0. The molecule has 0 aromatic heterocycles. The van der Waals surface area contributed by atoms with Gasteiger partial charge in [0.25, 0.3) is 5.97 Å². The second-order valence-electron chi connectivity index (χ2n) is 7.73. The molecule has 2 aliphatic heterocycles. The molecule has 0 saturated carbocycles. The maximum absolute atomic E-state index is 6.36. The zero-order valence-corrected chi connectivity index (χ0v) is 17.7. The second kappa shape index (κ2) is 9.56. The molecular weight excluding hydrogens is 384 g/mol. The van der Waals surface area contributed by atoms with Crippen molar-refractivity contribution in [2.45, 2.75) is 70.7 Å². The molecule has 2 fully saturated rings. The lowest BCUT2D eigenvalue weighted by Gasteiger charge is -2.41. The van der Waals surface area contributed by atoms with E-state index in [1.165, 1.54) is 0 Å². The molecule has 0 aliphatic carbocycles. The van der Waals surface area contributed by atoms with Gasteiger partial charge in [0.1, 0.15) is 18.3 Å². The standard InChI is InChI=1S/C24H30O6/c1-4-27-24(3)29-22-21(26-16-19-13-9-6-10-14-19)20(17(2)28-23(22)30-24)25-15-18-11-7-5-8-12-18/h5-14,17,20-23H,4,15-16H2,1-3H3/t17-,20-,21+,22+,23+,24?/m0/s1. The van der Waals surface area contributed by atoms with Crippen LogP contribution < -0.4 is 0 Å². The molecule has 0 spiro atoms. The first-order valence-corrected chi connectivity index (χ1v) is 10.5. The van der Waals surface area contributed by atoms with Gasteiger partial charge in [-0.05, 0) is 25.0 Å². The molecule has 0 radical (unpaired) electrons. The summed E-state index contributed by atoms with van der Waals surface area (Å²) in [6, 6.07) is 20.1. The van der Waals surface area contributed by atoms with E-state index >= 15 is 0 Å². The van der Waals surface area contributed by atoms with Crippen molar-refractivity contribution in [2.75, 3.05) is 6.61 Å². The molecule has 2 aromatic carbocycles. The average molecular weight is 414 g/mol. The van der Waals surface area contributed by atoms with Gasteiger partial charge in [-0.1, -0.05) is 60.7 Å². The van der Waals surface area contributed by atoms with Crippen LogP contribution >= 0.6 is 0 Å². The number of ether oxygens (including phenoxy) is 6. The Bertz CT molecular complexity index is 785. The van der Waals surface area contributed by atoms with Gasteiger partial charge in [0.05, 0.1) is 19.3 Å². The minimum atomic E-state index is -1.16. The van der Waals surface area contributed by atoms with Crippen LogP contribution in [0, 0.1) is 0 Å². The zero-order valence-electron chi connectivity index (χ0n) is 17.7.